The van der Waals surface area contributed by atoms with Gasteiger partial charge in [-0.15, -0.1) is 0 Å². The summed E-state index contributed by atoms with van der Waals surface area (Å²) in [5, 5.41) is 9.41. The first kappa shape index (κ1) is 17.7. The molecule has 0 amide bonds. The number of ether oxygens (including phenoxy) is 2. The first-order valence-electron chi connectivity index (χ1n) is 7.84. The number of nitrogens with zero attached hydrogens (tertiary/aromatic N) is 2. The Morgan fingerprint density at radius 3 is 2.67 bits per heavy atom. The van der Waals surface area contributed by atoms with E-state index >= 15 is 0 Å². The fourth-order valence-corrected chi connectivity index (χ4v) is 2.16. The van der Waals surface area contributed by atoms with E-state index in [0.29, 0.717) is 35.3 Å². The predicted molar refractivity (Wildman–Crippen MR) is 93.4 cm³/mol. The number of hydroxylamine groups is 1. The number of benzene rings is 1. The molecule has 0 unspecified atom stereocenters. The molecular weight excluding hydrogens is 306 g/mol. The van der Waals surface area contributed by atoms with Crippen LogP contribution in [0, 0.1) is 13.8 Å². The minimum Gasteiger partial charge on any atom is -0.493 e. The lowest BCUT2D eigenvalue weighted by Crippen LogP contribution is -2.22. The van der Waals surface area contributed by atoms with Crippen molar-refractivity contribution in [2.75, 3.05) is 13.7 Å². The summed E-state index contributed by atoms with van der Waals surface area (Å²) in [6.45, 7) is 6.45. The van der Waals surface area contributed by atoms with Crippen molar-refractivity contribution in [1.29, 1.82) is 0 Å². The zero-order chi connectivity index (χ0) is 17.5. The summed E-state index contributed by atoms with van der Waals surface area (Å²) in [5.74, 6) is 1.85. The van der Waals surface area contributed by atoms with Gasteiger partial charge in [-0.25, -0.2) is 4.98 Å². The van der Waals surface area contributed by atoms with Crippen LogP contribution in [0.2, 0.25) is 0 Å². The van der Waals surface area contributed by atoms with E-state index in [0.717, 1.165) is 17.7 Å². The number of rotatable bonds is 6. The molecule has 0 fully saturated rings. The second kappa shape index (κ2) is 8.31. The van der Waals surface area contributed by atoms with Crippen LogP contribution in [-0.2, 0) is 0 Å². The summed E-state index contributed by atoms with van der Waals surface area (Å²) in [6, 6.07) is 9.31. The maximum atomic E-state index is 9.41. The van der Waals surface area contributed by atoms with Gasteiger partial charge in [-0.05, 0) is 50.1 Å². The zero-order valence-corrected chi connectivity index (χ0v) is 14.5. The quantitative estimate of drug-likeness (QED) is 0.481. The van der Waals surface area contributed by atoms with E-state index in [4.69, 9.17) is 9.47 Å². The fraction of sp³-hybridized carbons (Fsp3) is 0.333. The van der Waals surface area contributed by atoms with Gasteiger partial charge in [0.15, 0.2) is 17.3 Å². The molecule has 128 valence electrons. The molecule has 24 heavy (non-hydrogen) atoms. The topological polar surface area (TPSA) is 76.0 Å². The molecule has 0 saturated carbocycles. The van der Waals surface area contributed by atoms with Gasteiger partial charge in [0, 0.05) is 12.2 Å². The van der Waals surface area contributed by atoms with Crippen LogP contribution in [0.1, 0.15) is 30.2 Å². The van der Waals surface area contributed by atoms with E-state index in [1.54, 1.807) is 7.11 Å². The van der Waals surface area contributed by atoms with E-state index in [1.807, 2.05) is 51.1 Å². The highest BCUT2D eigenvalue weighted by molar-refractivity contribution is 6.00. The maximum absolute atomic E-state index is 9.41. The van der Waals surface area contributed by atoms with Crippen LogP contribution >= 0.6 is 0 Å². The molecule has 0 aliphatic rings. The number of aliphatic imine (C=N–C) groups is 1. The molecule has 0 radical (unpaired) electrons. The van der Waals surface area contributed by atoms with Gasteiger partial charge in [0.05, 0.1) is 12.7 Å². The van der Waals surface area contributed by atoms with Gasteiger partial charge in [0.25, 0.3) is 0 Å². The largest absolute Gasteiger partial charge is 0.493 e. The number of aryl methyl sites for hydroxylation is 2. The maximum Gasteiger partial charge on any atom is 0.230 e. The Kier molecular flexibility index (Phi) is 6.14. The number of aromatic nitrogens is 1. The third kappa shape index (κ3) is 4.23. The standard InChI is InChI=1S/C18H23N3O3/c1-5-10-19-17(21-22)14-8-7-13(3)20-18(14)24-15-9-6-12(2)11-16(15)23-4/h6-9,11,22H,5,10H2,1-4H3,(H,19,21). The first-order chi connectivity index (χ1) is 11.6. The molecule has 1 aromatic heterocycles. The average molecular weight is 329 g/mol. The van der Waals surface area contributed by atoms with Crippen molar-refractivity contribution in [3.05, 3.63) is 47.2 Å². The van der Waals surface area contributed by atoms with Crippen LogP contribution in [0.5, 0.6) is 17.4 Å². The highest BCUT2D eigenvalue weighted by atomic mass is 16.5. The van der Waals surface area contributed by atoms with Crippen LogP contribution in [0.15, 0.2) is 35.3 Å². The summed E-state index contributed by atoms with van der Waals surface area (Å²) in [5.41, 5.74) is 4.58. The molecule has 2 N–H and O–H groups in total. The van der Waals surface area contributed by atoms with Gasteiger partial charge in [-0.2, -0.15) is 0 Å². The van der Waals surface area contributed by atoms with Crippen LogP contribution in [0.3, 0.4) is 0 Å². The van der Waals surface area contributed by atoms with Crippen LogP contribution < -0.4 is 15.0 Å². The summed E-state index contributed by atoms with van der Waals surface area (Å²) in [4.78, 5) is 8.76. The number of amidine groups is 1. The molecule has 0 atom stereocenters. The van der Waals surface area contributed by atoms with Crippen LogP contribution in [-0.4, -0.2) is 29.7 Å². The monoisotopic (exact) mass is 329 g/mol. The molecule has 1 aromatic carbocycles. The highest BCUT2D eigenvalue weighted by Crippen LogP contribution is 2.33. The molecule has 0 spiro atoms. The predicted octanol–water partition coefficient (Wildman–Crippen LogP) is 3.63. The van der Waals surface area contributed by atoms with Crippen molar-refractivity contribution in [1.82, 2.24) is 10.5 Å². The van der Waals surface area contributed by atoms with Crippen molar-refractivity contribution >= 4 is 5.84 Å². The molecule has 6 heteroatoms. The van der Waals surface area contributed by atoms with Gasteiger partial charge in [-0.1, -0.05) is 13.0 Å². The van der Waals surface area contributed by atoms with Gasteiger partial charge in [-0.3, -0.25) is 15.7 Å². The third-order valence-corrected chi connectivity index (χ3v) is 3.38. The lowest BCUT2D eigenvalue weighted by molar-refractivity contribution is 0.234. The van der Waals surface area contributed by atoms with E-state index in [1.165, 1.54) is 0 Å². The second-order valence-corrected chi connectivity index (χ2v) is 5.40. The highest BCUT2D eigenvalue weighted by Gasteiger charge is 2.15. The number of hydrogen-bond acceptors (Lipinski definition) is 5. The Hall–Kier alpha value is -2.60. The molecule has 0 bridgehead atoms. The van der Waals surface area contributed by atoms with Crippen molar-refractivity contribution < 1.29 is 14.7 Å². The smallest absolute Gasteiger partial charge is 0.230 e. The molecule has 1 heterocycles. The molecule has 2 rings (SSSR count). The molecule has 0 aliphatic heterocycles. The summed E-state index contributed by atoms with van der Waals surface area (Å²) in [6.07, 6.45) is 0.868. The number of pyridine rings is 1. The minimum absolute atomic E-state index is 0.324. The average Bonchev–Trinajstić information content (AvgIpc) is 2.58. The van der Waals surface area contributed by atoms with Crippen molar-refractivity contribution in [2.45, 2.75) is 27.2 Å². The molecule has 2 aromatic rings. The van der Waals surface area contributed by atoms with E-state index < -0.39 is 0 Å². The van der Waals surface area contributed by atoms with Crippen LogP contribution in [0.25, 0.3) is 0 Å². The molecular formula is C18H23N3O3. The normalized spacial score (nSPS) is 11.3. The Morgan fingerprint density at radius 2 is 2.00 bits per heavy atom. The zero-order valence-electron chi connectivity index (χ0n) is 14.5. The second-order valence-electron chi connectivity index (χ2n) is 5.40. The minimum atomic E-state index is 0.324. The van der Waals surface area contributed by atoms with Crippen molar-refractivity contribution in [3.63, 3.8) is 0 Å². The SMILES string of the molecule is CCCN=C(NO)c1ccc(C)nc1Oc1ccc(C)cc1OC. The van der Waals surface area contributed by atoms with E-state index in [2.05, 4.69) is 15.5 Å². The van der Waals surface area contributed by atoms with Gasteiger partial charge < -0.3 is 9.47 Å². The first-order valence-corrected chi connectivity index (χ1v) is 7.84. The van der Waals surface area contributed by atoms with Crippen molar-refractivity contribution in [2.24, 2.45) is 4.99 Å². The lowest BCUT2D eigenvalue weighted by Gasteiger charge is -2.14. The molecule has 0 saturated heterocycles. The van der Waals surface area contributed by atoms with Gasteiger partial charge >= 0.3 is 0 Å². The Balaban J connectivity index is 2.45. The number of nitrogens with one attached hydrogen (secondary N) is 1. The van der Waals surface area contributed by atoms with Crippen LogP contribution in [0.4, 0.5) is 0 Å². The lowest BCUT2D eigenvalue weighted by atomic mass is 10.2. The summed E-state index contributed by atoms with van der Waals surface area (Å²) >= 11 is 0. The molecule has 6 nitrogen and oxygen atoms in total. The summed E-state index contributed by atoms with van der Waals surface area (Å²) in [7, 11) is 1.59. The number of methoxy groups -OCH3 is 1. The Morgan fingerprint density at radius 1 is 1.21 bits per heavy atom. The molecule has 0 aliphatic carbocycles. The van der Waals surface area contributed by atoms with E-state index in [9.17, 15) is 5.21 Å². The fourth-order valence-electron chi connectivity index (χ4n) is 2.16. The Bertz CT molecular complexity index is 729. The number of hydrogen-bond donors (Lipinski definition) is 2. The van der Waals surface area contributed by atoms with Gasteiger partial charge in [0.1, 0.15) is 0 Å². The summed E-state index contributed by atoms with van der Waals surface area (Å²) < 4.78 is 11.3. The van der Waals surface area contributed by atoms with Gasteiger partial charge in [0.2, 0.25) is 5.88 Å². The van der Waals surface area contributed by atoms with E-state index in [-0.39, 0.29) is 0 Å². The van der Waals surface area contributed by atoms with Crippen molar-refractivity contribution in [3.8, 4) is 17.4 Å². The Labute approximate surface area is 142 Å². The third-order valence-electron chi connectivity index (χ3n) is 3.38.